The molecule has 1 aromatic rings. The highest BCUT2D eigenvalue weighted by molar-refractivity contribution is 5.68. The van der Waals surface area contributed by atoms with Crippen LogP contribution in [0.3, 0.4) is 0 Å². The zero-order valence-corrected chi connectivity index (χ0v) is 7.95. The Morgan fingerprint density at radius 3 is 2.87 bits per heavy atom. The Bertz CT molecular complexity index is 476. The van der Waals surface area contributed by atoms with Crippen molar-refractivity contribution in [3.8, 4) is 0 Å². The number of halogens is 1. The van der Waals surface area contributed by atoms with Gasteiger partial charge in [-0.05, 0) is 0 Å². The maximum Gasteiger partial charge on any atom is 0.328 e. The second kappa shape index (κ2) is 4.54. The van der Waals surface area contributed by atoms with Gasteiger partial charge in [-0.2, -0.15) is 4.39 Å². The monoisotopic (exact) mass is 216 g/mol. The molecule has 0 saturated carbocycles. The first-order valence-electron chi connectivity index (χ1n) is 4.10. The number of esters is 1. The maximum atomic E-state index is 12.7. The van der Waals surface area contributed by atoms with Gasteiger partial charge < -0.3 is 4.74 Å². The Kier molecular flexibility index (Phi) is 3.37. The number of aryl methyl sites for hydroxylation is 1. The number of aromatic amines is 1. The summed E-state index contributed by atoms with van der Waals surface area (Å²) in [7, 11) is 1.21. The highest BCUT2D eigenvalue weighted by Gasteiger charge is 2.05. The molecule has 6 nitrogen and oxygen atoms in total. The second-order valence-corrected chi connectivity index (χ2v) is 2.76. The molecule has 15 heavy (non-hydrogen) atoms. The molecule has 0 unspecified atom stereocenters. The van der Waals surface area contributed by atoms with Gasteiger partial charge >= 0.3 is 11.7 Å². The van der Waals surface area contributed by atoms with Crippen LogP contribution >= 0.6 is 0 Å². The molecule has 7 heteroatoms. The third-order valence-electron chi connectivity index (χ3n) is 1.75. The summed E-state index contributed by atoms with van der Waals surface area (Å²) in [4.78, 5) is 34.3. The lowest BCUT2D eigenvalue weighted by molar-refractivity contribution is -0.140. The van der Waals surface area contributed by atoms with E-state index in [1.54, 1.807) is 4.98 Å². The van der Waals surface area contributed by atoms with E-state index in [2.05, 4.69) is 4.74 Å². The summed E-state index contributed by atoms with van der Waals surface area (Å²) in [6.45, 7) is -0.0425. The summed E-state index contributed by atoms with van der Waals surface area (Å²) < 4.78 is 18.0. The highest BCUT2D eigenvalue weighted by atomic mass is 19.1. The molecule has 0 aliphatic rings. The van der Waals surface area contributed by atoms with Crippen molar-refractivity contribution in [2.45, 2.75) is 13.0 Å². The molecule has 1 rings (SSSR count). The van der Waals surface area contributed by atoms with Gasteiger partial charge in [0.15, 0.2) is 0 Å². The Labute approximate surface area is 83.3 Å². The van der Waals surface area contributed by atoms with Gasteiger partial charge in [0, 0.05) is 6.54 Å². The van der Waals surface area contributed by atoms with Crippen molar-refractivity contribution < 1.29 is 13.9 Å². The fraction of sp³-hybridized carbons (Fsp3) is 0.375. The Hall–Kier alpha value is -1.92. The minimum absolute atomic E-state index is 0.0425. The highest BCUT2D eigenvalue weighted by Crippen LogP contribution is 1.90. The predicted octanol–water partition coefficient (Wildman–Crippen LogP) is -0.761. The van der Waals surface area contributed by atoms with Gasteiger partial charge in [-0.15, -0.1) is 0 Å². The quantitative estimate of drug-likeness (QED) is 0.673. The first-order chi connectivity index (χ1) is 7.04. The first-order valence-corrected chi connectivity index (χ1v) is 4.10. The van der Waals surface area contributed by atoms with E-state index in [9.17, 15) is 18.8 Å². The third-order valence-corrected chi connectivity index (χ3v) is 1.75. The van der Waals surface area contributed by atoms with Crippen molar-refractivity contribution in [2.24, 2.45) is 0 Å². The molecule has 0 saturated heterocycles. The van der Waals surface area contributed by atoms with Crippen LogP contribution in [0.5, 0.6) is 0 Å². The standard InChI is InChI=1S/C8H9FN2O4/c1-15-6(12)2-3-11-4-5(9)7(13)10-8(11)14/h4H,2-3H2,1H3,(H,10,13,14). The molecule has 0 atom stereocenters. The molecule has 82 valence electrons. The summed E-state index contributed by atoms with van der Waals surface area (Å²) in [5.41, 5.74) is -1.83. The van der Waals surface area contributed by atoms with Gasteiger partial charge in [0.2, 0.25) is 5.82 Å². The fourth-order valence-electron chi connectivity index (χ4n) is 0.963. The van der Waals surface area contributed by atoms with E-state index in [-0.39, 0.29) is 13.0 Å². The summed E-state index contributed by atoms with van der Waals surface area (Å²) in [6, 6.07) is 0. The van der Waals surface area contributed by atoms with Crippen LogP contribution in [0.25, 0.3) is 0 Å². The minimum atomic E-state index is -1.07. The maximum absolute atomic E-state index is 12.7. The predicted molar refractivity (Wildman–Crippen MR) is 47.9 cm³/mol. The van der Waals surface area contributed by atoms with Gasteiger partial charge in [-0.1, -0.05) is 0 Å². The lowest BCUT2D eigenvalue weighted by atomic mass is 10.4. The zero-order chi connectivity index (χ0) is 11.4. The number of methoxy groups -OCH3 is 1. The average molecular weight is 216 g/mol. The van der Waals surface area contributed by atoms with Gasteiger partial charge in [-0.25, -0.2) is 4.79 Å². The lowest BCUT2D eigenvalue weighted by Gasteiger charge is -2.03. The van der Waals surface area contributed by atoms with E-state index >= 15 is 0 Å². The number of carbonyl (C=O) groups excluding carboxylic acids is 1. The summed E-state index contributed by atoms with van der Waals surface area (Å²) in [5, 5.41) is 0. The molecular weight excluding hydrogens is 207 g/mol. The molecular formula is C8H9FN2O4. The molecule has 0 amide bonds. The van der Waals surface area contributed by atoms with Crippen LogP contribution in [0.15, 0.2) is 15.8 Å². The number of carbonyl (C=O) groups is 1. The van der Waals surface area contributed by atoms with Crippen LogP contribution in [0.1, 0.15) is 6.42 Å². The molecule has 1 heterocycles. The van der Waals surface area contributed by atoms with Gasteiger partial charge in [-0.3, -0.25) is 19.1 Å². The molecule has 0 aromatic carbocycles. The van der Waals surface area contributed by atoms with E-state index in [1.807, 2.05) is 0 Å². The zero-order valence-electron chi connectivity index (χ0n) is 7.95. The third kappa shape index (κ3) is 2.76. The minimum Gasteiger partial charge on any atom is -0.469 e. The van der Waals surface area contributed by atoms with E-state index in [4.69, 9.17) is 0 Å². The topological polar surface area (TPSA) is 81.2 Å². The largest absolute Gasteiger partial charge is 0.469 e. The Morgan fingerprint density at radius 2 is 2.27 bits per heavy atom. The Balaban J connectivity index is 2.87. The van der Waals surface area contributed by atoms with E-state index in [1.165, 1.54) is 7.11 Å². The molecule has 0 bridgehead atoms. The van der Waals surface area contributed by atoms with Crippen molar-refractivity contribution in [3.63, 3.8) is 0 Å². The number of hydrogen-bond acceptors (Lipinski definition) is 4. The fourth-order valence-corrected chi connectivity index (χ4v) is 0.963. The normalized spacial score (nSPS) is 10.0. The molecule has 0 radical (unpaired) electrons. The van der Waals surface area contributed by atoms with Crippen LogP contribution in [-0.2, 0) is 16.1 Å². The molecule has 1 aromatic heterocycles. The number of rotatable bonds is 3. The van der Waals surface area contributed by atoms with Crippen LogP contribution < -0.4 is 11.2 Å². The van der Waals surface area contributed by atoms with Crippen molar-refractivity contribution >= 4 is 5.97 Å². The molecule has 1 N–H and O–H groups in total. The molecule has 0 aliphatic heterocycles. The van der Waals surface area contributed by atoms with Crippen LogP contribution in [0, 0.1) is 5.82 Å². The van der Waals surface area contributed by atoms with Crippen LogP contribution in [0.2, 0.25) is 0 Å². The van der Waals surface area contributed by atoms with Gasteiger partial charge in [0.1, 0.15) is 0 Å². The first kappa shape index (κ1) is 11.2. The van der Waals surface area contributed by atoms with E-state index < -0.39 is 23.0 Å². The SMILES string of the molecule is COC(=O)CCn1cc(F)c(=O)[nH]c1=O. The smallest absolute Gasteiger partial charge is 0.328 e. The van der Waals surface area contributed by atoms with Crippen LogP contribution in [0.4, 0.5) is 4.39 Å². The molecule has 0 fully saturated rings. The summed E-state index contributed by atoms with van der Waals surface area (Å²) >= 11 is 0. The van der Waals surface area contributed by atoms with Crippen molar-refractivity contribution in [2.75, 3.05) is 7.11 Å². The number of hydrogen-bond donors (Lipinski definition) is 1. The van der Waals surface area contributed by atoms with Gasteiger partial charge in [0.05, 0.1) is 19.7 Å². The molecule has 0 spiro atoms. The van der Waals surface area contributed by atoms with E-state index in [0.29, 0.717) is 0 Å². The van der Waals surface area contributed by atoms with E-state index in [0.717, 1.165) is 10.8 Å². The second-order valence-electron chi connectivity index (χ2n) is 2.76. The number of nitrogens with one attached hydrogen (secondary N) is 1. The number of aromatic nitrogens is 2. The molecule has 0 aliphatic carbocycles. The van der Waals surface area contributed by atoms with Crippen molar-refractivity contribution in [3.05, 3.63) is 32.9 Å². The Morgan fingerprint density at radius 1 is 1.60 bits per heavy atom. The summed E-state index contributed by atoms with van der Waals surface area (Å²) in [5.74, 6) is -1.59. The number of nitrogens with zero attached hydrogens (tertiary/aromatic N) is 1. The number of H-pyrrole nitrogens is 1. The van der Waals surface area contributed by atoms with Gasteiger partial charge in [0.25, 0.3) is 5.56 Å². The van der Waals surface area contributed by atoms with Crippen molar-refractivity contribution in [1.29, 1.82) is 0 Å². The van der Waals surface area contributed by atoms with Crippen LogP contribution in [-0.4, -0.2) is 22.6 Å². The lowest BCUT2D eigenvalue weighted by Crippen LogP contribution is -2.31. The summed E-state index contributed by atoms with van der Waals surface area (Å²) in [6.07, 6.45) is 0.687. The van der Waals surface area contributed by atoms with Crippen molar-refractivity contribution in [1.82, 2.24) is 9.55 Å². The average Bonchev–Trinajstić information content (AvgIpc) is 2.21. The number of ether oxygens (including phenoxy) is 1.